The molecule has 84 heavy (non-hydrogen) atoms. The number of hydrogen-bond acceptors (Lipinski definition) is 17. The fourth-order valence-corrected chi connectivity index (χ4v) is 11.2. The fourth-order valence-electron chi connectivity index (χ4n) is 10.1. The van der Waals surface area contributed by atoms with Crippen LogP contribution in [0.3, 0.4) is 0 Å². The van der Waals surface area contributed by atoms with E-state index in [0.29, 0.717) is 45.7 Å². The maximum absolute atomic E-state index is 18.6. The Morgan fingerprint density at radius 2 is 1.11 bits per heavy atom. The van der Waals surface area contributed by atoms with Gasteiger partial charge in [0.15, 0.2) is 64.9 Å². The summed E-state index contributed by atoms with van der Waals surface area (Å²) in [4.78, 5) is 53.1. The van der Waals surface area contributed by atoms with Gasteiger partial charge in [-0.2, -0.15) is 5.26 Å². The van der Waals surface area contributed by atoms with Gasteiger partial charge in [-0.15, -0.1) is 0 Å². The minimum Gasteiger partial charge on any atom is -0.497 e. The van der Waals surface area contributed by atoms with Crippen LogP contribution in [-0.4, -0.2) is 123 Å². The second-order valence-electron chi connectivity index (χ2n) is 19.1. The number of methoxy groups -OCH3 is 2. The second-order valence-corrected chi connectivity index (χ2v) is 20.3. The molecule has 21 nitrogen and oxygen atoms in total. The minimum absolute atomic E-state index is 0.0441. The standard InChI is InChI=1S/C59H57BF2N11O10P/c1-4-43-50(46(62)58(80-43)73-35-69-48-52(65-33-67-54(48)73)71-56(75)37-17-10-6-11-18-37)83-84(60,78-30-14-29-63)79-31-44-49(45(61)57(81-44)72-34-68-47-51(64-32-66-53(47)72)70-55(74)36-15-8-5-9-16-36)82-59(38-19-12-7-13-20-38,39-21-25-41(76-2)26-22-39)40-23-27-42(77-3)28-24-40/h5-13,15-28,32-35,43-46,49-50,57-58H,4,14,30-31H2,1-3,60H3,(H,64,66,70,74)(H,65,67,71,75)/t43-,44-,45?,46+,49+,50?,57-,58-,84?/m1/s1. The van der Waals surface area contributed by atoms with Crippen molar-refractivity contribution < 1.29 is 55.6 Å². The maximum Gasteiger partial charge on any atom is 0.256 e. The average molecular weight is 1160 g/mol. The first-order valence-electron chi connectivity index (χ1n) is 26.4. The van der Waals surface area contributed by atoms with Crippen LogP contribution in [0.25, 0.3) is 22.3 Å². The van der Waals surface area contributed by atoms with Gasteiger partial charge in [0, 0.05) is 11.1 Å². The van der Waals surface area contributed by atoms with Gasteiger partial charge in [0.1, 0.15) is 55.2 Å². The Kier molecular flexibility index (Phi) is 17.1. The highest BCUT2D eigenvalue weighted by Crippen LogP contribution is 2.61. The highest BCUT2D eigenvalue weighted by molar-refractivity contribution is 7.85. The lowest BCUT2D eigenvalue weighted by Gasteiger charge is -2.39. The molecule has 25 heteroatoms. The number of nitrogens with one attached hydrogen (secondary N) is 2. The number of carbonyl (C=O) groups is 2. The lowest BCUT2D eigenvalue weighted by molar-refractivity contribution is -0.104. The average Bonchev–Trinajstić information content (AvgIpc) is 2.03. The van der Waals surface area contributed by atoms with Crippen LogP contribution in [0.4, 0.5) is 20.4 Å². The summed E-state index contributed by atoms with van der Waals surface area (Å²) in [7, 11) is -1.63. The molecule has 430 valence electrons. The number of nitriles is 1. The molecule has 0 bridgehead atoms. The molecule has 4 aromatic heterocycles. The van der Waals surface area contributed by atoms with Gasteiger partial charge in [-0.05, 0) is 71.6 Å². The van der Waals surface area contributed by atoms with E-state index >= 15 is 8.78 Å². The molecule has 0 radical (unpaired) electrons. The topological polar surface area (TPSA) is 243 Å². The van der Waals surface area contributed by atoms with Crippen LogP contribution < -0.4 is 20.1 Å². The molecule has 2 aliphatic rings. The quantitative estimate of drug-likeness (QED) is 0.0279. The first-order valence-corrected chi connectivity index (χ1v) is 27.5. The molecule has 11 rings (SSSR count). The van der Waals surface area contributed by atoms with Crippen molar-refractivity contribution in [2.45, 2.75) is 74.6 Å². The number of rotatable bonds is 22. The number of benzene rings is 5. The fraction of sp³-hybridized carbons (Fsp3) is 0.271. The summed E-state index contributed by atoms with van der Waals surface area (Å²) in [5.41, 5.74) is 1.74. The number of aromatic nitrogens is 8. The Morgan fingerprint density at radius 3 is 1.58 bits per heavy atom. The van der Waals surface area contributed by atoms with Gasteiger partial charge in [0.25, 0.3) is 11.8 Å². The van der Waals surface area contributed by atoms with Crippen LogP contribution in [0.1, 0.15) is 69.6 Å². The second kappa shape index (κ2) is 25.1. The van der Waals surface area contributed by atoms with E-state index in [0.717, 1.165) is 0 Å². The summed E-state index contributed by atoms with van der Waals surface area (Å²) in [5, 5.41) is 15.3. The third-order valence-corrected chi connectivity index (χ3v) is 15.4. The number of hydrogen-bond donors (Lipinski definition) is 2. The predicted molar refractivity (Wildman–Crippen MR) is 308 cm³/mol. The Balaban J connectivity index is 0.947. The molecule has 2 saturated heterocycles. The molecular weight excluding hydrogens is 1100 g/mol. The number of imidazole rings is 2. The molecule has 2 aliphatic heterocycles. The van der Waals surface area contributed by atoms with Crippen LogP contribution in [0, 0.1) is 11.3 Å². The van der Waals surface area contributed by atoms with Gasteiger partial charge in [-0.1, -0.05) is 97.9 Å². The van der Waals surface area contributed by atoms with Crippen LogP contribution in [0.2, 0.25) is 0 Å². The largest absolute Gasteiger partial charge is 0.497 e. The summed E-state index contributed by atoms with van der Waals surface area (Å²) in [6.07, 6.45) is -6.08. The Labute approximate surface area is 482 Å². The van der Waals surface area contributed by atoms with Gasteiger partial charge in [0.2, 0.25) is 15.4 Å². The van der Waals surface area contributed by atoms with Crippen molar-refractivity contribution in [2.75, 3.05) is 38.1 Å². The van der Waals surface area contributed by atoms with Crippen molar-refractivity contribution in [3.05, 3.63) is 193 Å². The minimum atomic E-state index is -3.53. The zero-order chi connectivity index (χ0) is 58.4. The van der Waals surface area contributed by atoms with Crippen molar-refractivity contribution in [2.24, 2.45) is 0 Å². The molecular formula is C59H57BF2N11O10P. The zero-order valence-corrected chi connectivity index (χ0v) is 45.7. The van der Waals surface area contributed by atoms with Gasteiger partial charge in [0.05, 0.1) is 45.5 Å². The smallest absolute Gasteiger partial charge is 0.256 e. The van der Waals surface area contributed by atoms with Gasteiger partial charge in [-0.25, -0.2) is 52.3 Å². The molecule has 5 aromatic carbocycles. The highest BCUT2D eigenvalue weighted by Gasteiger charge is 2.56. The van der Waals surface area contributed by atoms with E-state index in [9.17, 15) is 14.9 Å². The number of amides is 2. The van der Waals surface area contributed by atoms with Crippen LogP contribution in [-0.2, 0) is 33.4 Å². The van der Waals surface area contributed by atoms with Crippen molar-refractivity contribution in [3.8, 4) is 17.6 Å². The molecule has 0 aliphatic carbocycles. The SMILES string of the molecule is [BH3-][P+](OCCC#N)(OC[C@H]1O[C@@H](n2cnc3c(NC(=O)c4ccccc4)ncnc32)C(F)[C@H]1OC(c1ccccc1)(c1ccc(OC)cc1)c1ccc(OC)cc1)OC1[C@@H](CC)O[C@@H](n2cnc3c(NC(=O)c4ccccc4)ncnc32)[C@H]1F. The normalized spacial score (nSPS) is 21.2. The van der Waals surface area contributed by atoms with E-state index in [-0.39, 0.29) is 47.0 Å². The van der Waals surface area contributed by atoms with Crippen LogP contribution in [0.15, 0.2) is 165 Å². The number of anilines is 2. The van der Waals surface area contributed by atoms with Gasteiger partial charge >= 0.3 is 0 Å². The lowest BCUT2D eigenvalue weighted by atomic mass is 9.79. The van der Waals surface area contributed by atoms with Crippen molar-refractivity contribution in [3.63, 3.8) is 0 Å². The Hall–Kier alpha value is -8.66. The molecule has 0 spiro atoms. The van der Waals surface area contributed by atoms with Crippen molar-refractivity contribution in [1.29, 1.82) is 5.26 Å². The lowest BCUT2D eigenvalue weighted by Crippen LogP contribution is -2.44. The maximum atomic E-state index is 18.6. The molecule has 6 heterocycles. The summed E-state index contributed by atoms with van der Waals surface area (Å²) in [6, 6.07) is 43.2. The first kappa shape index (κ1) is 57.2. The number of carbonyl (C=O) groups excluding carboxylic acids is 2. The number of nitrogens with zero attached hydrogens (tertiary/aromatic N) is 9. The Morgan fingerprint density at radius 1 is 0.643 bits per heavy atom. The summed E-state index contributed by atoms with van der Waals surface area (Å²) in [5.74, 6) is 0.464. The molecule has 3 unspecified atom stereocenters. The summed E-state index contributed by atoms with van der Waals surface area (Å²) in [6.45, 7) is 1.30. The zero-order valence-electron chi connectivity index (χ0n) is 44.8. The molecule has 2 amide bonds. The van der Waals surface area contributed by atoms with E-state index in [4.69, 9.17) is 37.3 Å². The van der Waals surface area contributed by atoms with E-state index in [1.54, 1.807) is 99.1 Å². The molecule has 2 fully saturated rings. The third-order valence-electron chi connectivity index (χ3n) is 14.2. The first-order chi connectivity index (χ1) is 40.9. The van der Waals surface area contributed by atoms with Crippen molar-refractivity contribution >= 4 is 61.2 Å². The van der Waals surface area contributed by atoms with Crippen LogP contribution >= 0.6 is 7.82 Å². The molecule has 9 atom stereocenters. The summed E-state index contributed by atoms with van der Waals surface area (Å²) < 4.78 is 90.9. The Bertz CT molecular complexity index is 3740. The van der Waals surface area contributed by atoms with E-state index in [1.165, 1.54) is 34.4 Å². The molecule has 9 aromatic rings. The highest BCUT2D eigenvalue weighted by atomic mass is 31.2. The molecule has 0 saturated carbocycles. The number of alkyl halides is 2. The third kappa shape index (κ3) is 11.4. The van der Waals surface area contributed by atoms with E-state index in [1.807, 2.05) is 61.5 Å². The summed E-state index contributed by atoms with van der Waals surface area (Å²) >= 11 is 0. The molecule has 2 N–H and O–H groups in total. The van der Waals surface area contributed by atoms with Crippen LogP contribution in [0.5, 0.6) is 11.5 Å². The van der Waals surface area contributed by atoms with E-state index in [2.05, 4.69) is 46.6 Å². The van der Waals surface area contributed by atoms with E-state index < -0.39 is 88.6 Å². The monoisotopic (exact) mass is 1160 g/mol. The number of fused-ring (bicyclic) bond motifs is 2. The van der Waals surface area contributed by atoms with Gasteiger partial charge < -0.3 is 34.3 Å². The predicted octanol–water partition coefficient (Wildman–Crippen LogP) is 8.82. The number of halogens is 2. The van der Waals surface area contributed by atoms with Crippen molar-refractivity contribution in [1.82, 2.24) is 39.0 Å². The number of ether oxygens (including phenoxy) is 5. The van der Waals surface area contributed by atoms with Gasteiger partial charge in [-0.3, -0.25) is 18.7 Å².